The van der Waals surface area contributed by atoms with Crippen LogP contribution in [-0.4, -0.2) is 50.0 Å². The van der Waals surface area contributed by atoms with E-state index in [-0.39, 0.29) is 21.0 Å². The summed E-state index contributed by atoms with van der Waals surface area (Å²) in [5.74, 6) is 0. The van der Waals surface area contributed by atoms with E-state index in [2.05, 4.69) is 18.8 Å². The molecule has 1 heterocycles. The maximum absolute atomic E-state index is 13.0. The van der Waals surface area contributed by atoms with Gasteiger partial charge in [0.2, 0.25) is 10.0 Å². The maximum Gasteiger partial charge on any atom is 0.264 e. The lowest BCUT2D eigenvalue weighted by Crippen LogP contribution is -2.30. The van der Waals surface area contributed by atoms with Crippen molar-refractivity contribution in [3.05, 3.63) is 36.4 Å². The molecule has 3 aromatic rings. The fourth-order valence-electron chi connectivity index (χ4n) is 2.90. The van der Waals surface area contributed by atoms with Crippen molar-refractivity contribution in [2.75, 3.05) is 30.2 Å². The molecule has 0 unspecified atom stereocenters. The highest BCUT2D eigenvalue weighted by Gasteiger charge is 2.25. The fraction of sp³-hybridized carbons (Fsp3) is 0.294. The first kappa shape index (κ1) is 21.4. The van der Waals surface area contributed by atoms with Crippen molar-refractivity contribution in [2.24, 2.45) is 0 Å². The van der Waals surface area contributed by atoms with Gasteiger partial charge in [-0.15, -0.1) is 0 Å². The van der Waals surface area contributed by atoms with Crippen molar-refractivity contribution >= 4 is 54.2 Å². The van der Waals surface area contributed by atoms with Crippen LogP contribution in [0.2, 0.25) is 0 Å². The molecule has 156 valence electrons. The molecule has 0 bridgehead atoms. The summed E-state index contributed by atoms with van der Waals surface area (Å²) >= 11 is 0.922. The molecule has 0 radical (unpaired) electrons. The van der Waals surface area contributed by atoms with E-state index < -0.39 is 20.0 Å². The number of nitrogens with one attached hydrogen (secondary N) is 2. The van der Waals surface area contributed by atoms with Crippen LogP contribution < -0.4 is 10.0 Å². The number of anilines is 2. The quantitative estimate of drug-likeness (QED) is 0.535. The minimum Gasteiger partial charge on any atom is -0.386 e. The van der Waals surface area contributed by atoms with E-state index >= 15 is 0 Å². The van der Waals surface area contributed by atoms with E-state index in [4.69, 9.17) is 0 Å². The van der Waals surface area contributed by atoms with Gasteiger partial charge in [0.1, 0.15) is 15.9 Å². The van der Waals surface area contributed by atoms with Gasteiger partial charge in [-0.25, -0.2) is 16.8 Å². The predicted molar refractivity (Wildman–Crippen MR) is 114 cm³/mol. The number of aromatic nitrogens is 2. The molecule has 0 aliphatic rings. The number of sulfonamides is 2. The van der Waals surface area contributed by atoms with Crippen LogP contribution in [0.15, 0.2) is 46.2 Å². The molecule has 0 aliphatic heterocycles. The van der Waals surface area contributed by atoms with Gasteiger partial charge in [0.05, 0.1) is 28.0 Å². The Labute approximate surface area is 174 Å². The highest BCUT2D eigenvalue weighted by molar-refractivity contribution is 7.93. The lowest BCUT2D eigenvalue weighted by Gasteiger charge is -2.20. The minimum atomic E-state index is -4.03. The van der Waals surface area contributed by atoms with Gasteiger partial charge in [-0.2, -0.15) is 13.1 Å². The minimum absolute atomic E-state index is 0.00596. The standard InChI is InChI=1S/C17H21N5O4S3/c1-4-22(5-2)29(25,26)12-9-10-13(18-3)15(11-12)21-28(23,24)16-8-6-7-14-17(16)20-27-19-14/h6-11,18,21H,4-5H2,1-3H3. The van der Waals surface area contributed by atoms with Crippen LogP contribution >= 0.6 is 11.7 Å². The highest BCUT2D eigenvalue weighted by atomic mass is 32.2. The van der Waals surface area contributed by atoms with Crippen LogP contribution in [-0.2, 0) is 20.0 Å². The molecule has 0 spiro atoms. The lowest BCUT2D eigenvalue weighted by molar-refractivity contribution is 0.445. The second kappa shape index (κ2) is 8.22. The van der Waals surface area contributed by atoms with Gasteiger partial charge in [-0.1, -0.05) is 19.9 Å². The van der Waals surface area contributed by atoms with E-state index in [1.54, 1.807) is 33.0 Å². The van der Waals surface area contributed by atoms with Gasteiger partial charge in [0.25, 0.3) is 10.0 Å². The third-order valence-electron chi connectivity index (χ3n) is 4.39. The second-order valence-electron chi connectivity index (χ2n) is 6.04. The molecule has 0 aliphatic carbocycles. The summed E-state index contributed by atoms with van der Waals surface area (Å²) in [5.41, 5.74) is 1.31. The Morgan fingerprint density at radius 2 is 1.72 bits per heavy atom. The van der Waals surface area contributed by atoms with Crippen molar-refractivity contribution in [1.82, 2.24) is 13.1 Å². The summed E-state index contributed by atoms with van der Waals surface area (Å²) in [6.45, 7) is 4.11. The van der Waals surface area contributed by atoms with Crippen LogP contribution in [0.4, 0.5) is 11.4 Å². The Morgan fingerprint density at radius 3 is 2.38 bits per heavy atom. The normalized spacial score (nSPS) is 12.4. The first-order chi connectivity index (χ1) is 13.7. The van der Waals surface area contributed by atoms with Gasteiger partial charge >= 0.3 is 0 Å². The number of benzene rings is 2. The van der Waals surface area contributed by atoms with Gasteiger partial charge in [0.15, 0.2) is 0 Å². The van der Waals surface area contributed by atoms with Gasteiger partial charge in [-0.05, 0) is 30.3 Å². The van der Waals surface area contributed by atoms with Crippen molar-refractivity contribution in [3.63, 3.8) is 0 Å². The molecule has 12 heteroatoms. The molecule has 0 fully saturated rings. The Balaban J connectivity index is 2.07. The fourth-order valence-corrected chi connectivity index (χ4v) is 6.22. The molecule has 9 nitrogen and oxygen atoms in total. The van der Waals surface area contributed by atoms with Crippen molar-refractivity contribution < 1.29 is 16.8 Å². The largest absolute Gasteiger partial charge is 0.386 e. The molecule has 0 saturated heterocycles. The second-order valence-corrected chi connectivity index (χ2v) is 10.2. The molecule has 0 saturated carbocycles. The van der Waals surface area contributed by atoms with E-state index in [1.165, 1.54) is 28.6 Å². The van der Waals surface area contributed by atoms with Gasteiger partial charge in [-0.3, -0.25) is 4.72 Å². The molecule has 1 aromatic heterocycles. The topological polar surface area (TPSA) is 121 Å². The smallest absolute Gasteiger partial charge is 0.264 e. The molecule has 29 heavy (non-hydrogen) atoms. The summed E-state index contributed by atoms with van der Waals surface area (Å²) in [4.78, 5) is -0.0192. The number of hydrogen-bond donors (Lipinski definition) is 2. The zero-order chi connectivity index (χ0) is 21.2. The lowest BCUT2D eigenvalue weighted by atomic mass is 10.3. The summed E-state index contributed by atoms with van der Waals surface area (Å²) in [6.07, 6.45) is 0. The molecule has 2 aromatic carbocycles. The van der Waals surface area contributed by atoms with Crippen molar-refractivity contribution in [2.45, 2.75) is 23.6 Å². The van der Waals surface area contributed by atoms with Crippen LogP contribution in [0.25, 0.3) is 11.0 Å². The van der Waals surface area contributed by atoms with E-state index in [9.17, 15) is 16.8 Å². The third kappa shape index (κ3) is 4.06. The van der Waals surface area contributed by atoms with Gasteiger partial charge < -0.3 is 5.32 Å². The number of hydrogen-bond acceptors (Lipinski definition) is 8. The molecular weight excluding hydrogens is 434 g/mol. The predicted octanol–water partition coefficient (Wildman–Crippen LogP) is 2.56. The van der Waals surface area contributed by atoms with Crippen molar-refractivity contribution in [1.29, 1.82) is 0 Å². The first-order valence-electron chi connectivity index (χ1n) is 8.80. The zero-order valence-corrected chi connectivity index (χ0v) is 18.5. The van der Waals surface area contributed by atoms with Gasteiger partial charge in [0, 0.05) is 20.1 Å². The third-order valence-corrected chi connectivity index (χ3v) is 8.37. The van der Waals surface area contributed by atoms with Crippen LogP contribution in [0.3, 0.4) is 0 Å². The Hall–Kier alpha value is -2.28. The average Bonchev–Trinajstić information content (AvgIpc) is 3.17. The molecule has 2 N–H and O–H groups in total. The molecular formula is C17H21N5O4S3. The summed E-state index contributed by atoms with van der Waals surface area (Å²) in [5, 5.41) is 2.88. The SMILES string of the molecule is CCN(CC)S(=O)(=O)c1ccc(NC)c(NS(=O)(=O)c2cccc3nsnc23)c1. The Bertz CT molecular complexity index is 1230. The Morgan fingerprint density at radius 1 is 1.00 bits per heavy atom. The van der Waals surface area contributed by atoms with Crippen LogP contribution in [0.1, 0.15) is 13.8 Å². The van der Waals surface area contributed by atoms with E-state index in [0.717, 1.165) is 11.7 Å². The zero-order valence-electron chi connectivity index (χ0n) is 16.1. The Kier molecular flexibility index (Phi) is 6.08. The average molecular weight is 456 g/mol. The summed E-state index contributed by atoms with van der Waals surface area (Å²) < 4.78 is 63.6. The maximum atomic E-state index is 13.0. The monoisotopic (exact) mass is 455 g/mol. The first-order valence-corrected chi connectivity index (χ1v) is 12.5. The molecule has 3 rings (SSSR count). The van der Waals surface area contributed by atoms with Crippen LogP contribution in [0.5, 0.6) is 0 Å². The molecule has 0 amide bonds. The summed E-state index contributed by atoms with van der Waals surface area (Å²) in [6, 6.07) is 8.98. The highest BCUT2D eigenvalue weighted by Crippen LogP contribution is 2.30. The number of rotatable bonds is 8. The summed E-state index contributed by atoms with van der Waals surface area (Å²) in [7, 11) is -6.15. The molecule has 0 atom stereocenters. The van der Waals surface area contributed by atoms with Crippen LogP contribution in [0, 0.1) is 0 Å². The van der Waals surface area contributed by atoms with Crippen molar-refractivity contribution in [3.8, 4) is 0 Å². The van der Waals surface area contributed by atoms with E-state index in [1.807, 2.05) is 0 Å². The van der Waals surface area contributed by atoms with E-state index in [0.29, 0.717) is 24.3 Å². The number of nitrogens with zero attached hydrogens (tertiary/aromatic N) is 3. The number of fused-ring (bicyclic) bond motifs is 1.